The maximum absolute atomic E-state index is 12.6. The van der Waals surface area contributed by atoms with Gasteiger partial charge in [0.1, 0.15) is 17.5 Å². The summed E-state index contributed by atoms with van der Waals surface area (Å²) < 4.78 is 1.55. The van der Waals surface area contributed by atoms with E-state index in [-0.39, 0.29) is 11.1 Å². The quantitative estimate of drug-likeness (QED) is 0.720. The van der Waals surface area contributed by atoms with Crippen LogP contribution in [0.25, 0.3) is 10.8 Å². The van der Waals surface area contributed by atoms with Crippen molar-refractivity contribution in [2.24, 2.45) is 7.05 Å². The van der Waals surface area contributed by atoms with Gasteiger partial charge in [-0.2, -0.15) is 0 Å². The van der Waals surface area contributed by atoms with Gasteiger partial charge in [0.05, 0.1) is 10.4 Å². The lowest BCUT2D eigenvalue weighted by atomic mass is 10.1. The van der Waals surface area contributed by atoms with Crippen molar-refractivity contribution >= 4 is 39.8 Å². The first-order valence-corrected chi connectivity index (χ1v) is 8.69. The molecule has 3 heterocycles. The van der Waals surface area contributed by atoms with Gasteiger partial charge < -0.3 is 15.2 Å². The number of aromatic nitrogens is 3. The van der Waals surface area contributed by atoms with E-state index >= 15 is 0 Å². The average Bonchev–Trinajstić information content (AvgIpc) is 2.53. The number of rotatable bonds is 3. The molecule has 0 unspecified atom stereocenters. The summed E-state index contributed by atoms with van der Waals surface area (Å²) in [5.74, 6) is 1.79. The number of hydrogen-bond acceptors (Lipinski definition) is 5. The molecule has 0 aliphatic heterocycles. The fraction of sp³-hybridized carbons (Fsp3) is 0.316. The normalized spacial score (nSPS) is 11.6. The lowest BCUT2D eigenvalue weighted by molar-refractivity contribution is 0.631. The molecule has 0 radical (unpaired) electrons. The second-order valence-corrected chi connectivity index (χ2v) is 7.78. The van der Waals surface area contributed by atoms with Gasteiger partial charge in [0.2, 0.25) is 0 Å². The Kier molecular flexibility index (Phi) is 4.63. The molecule has 3 aromatic rings. The number of hydrogen-bond donors (Lipinski definition) is 2. The molecule has 6 nitrogen and oxygen atoms in total. The van der Waals surface area contributed by atoms with Gasteiger partial charge in [-0.25, -0.2) is 9.97 Å². The van der Waals surface area contributed by atoms with Gasteiger partial charge in [-0.05, 0) is 56.8 Å². The van der Waals surface area contributed by atoms with E-state index in [2.05, 4.69) is 20.6 Å². The van der Waals surface area contributed by atoms with E-state index in [0.717, 1.165) is 10.9 Å². The Morgan fingerprint density at radius 1 is 1.19 bits per heavy atom. The fourth-order valence-electron chi connectivity index (χ4n) is 2.61. The van der Waals surface area contributed by atoms with Gasteiger partial charge in [-0.3, -0.25) is 4.79 Å². The Labute approximate surface area is 157 Å². The fourth-order valence-corrected chi connectivity index (χ4v) is 2.71. The van der Waals surface area contributed by atoms with Crippen LogP contribution in [0.4, 0.5) is 17.5 Å². The van der Waals surface area contributed by atoms with Crippen molar-refractivity contribution < 1.29 is 0 Å². The zero-order valence-corrected chi connectivity index (χ0v) is 16.3. The van der Waals surface area contributed by atoms with Crippen molar-refractivity contribution in [2.75, 3.05) is 10.6 Å². The molecule has 7 heteroatoms. The van der Waals surface area contributed by atoms with Crippen LogP contribution in [0.1, 0.15) is 26.3 Å². The standard InChI is InChI=1S/C19H22ClN5O/c1-11-8-14(21-10-13(11)20)22-15-9-12-6-7-25(5)18(26)16(12)17(23-15)24-19(2,3)4/h6-10H,1-5H3,(H2,21,22,23,24). The van der Waals surface area contributed by atoms with Gasteiger partial charge in [0, 0.05) is 25.0 Å². The molecular formula is C19H22ClN5O. The summed E-state index contributed by atoms with van der Waals surface area (Å²) in [6.07, 6.45) is 3.35. The van der Waals surface area contributed by atoms with E-state index in [1.807, 2.05) is 45.9 Å². The molecule has 3 aromatic heterocycles. The molecule has 0 atom stereocenters. The zero-order chi connectivity index (χ0) is 19.1. The molecule has 0 spiro atoms. The maximum Gasteiger partial charge on any atom is 0.261 e. The third-order valence-electron chi connectivity index (χ3n) is 3.86. The van der Waals surface area contributed by atoms with Crippen molar-refractivity contribution in [3.8, 4) is 0 Å². The van der Waals surface area contributed by atoms with E-state index in [1.165, 1.54) is 0 Å². The van der Waals surface area contributed by atoms with Crippen molar-refractivity contribution in [1.29, 1.82) is 0 Å². The van der Waals surface area contributed by atoms with Crippen LogP contribution in [0.3, 0.4) is 0 Å². The third-order valence-corrected chi connectivity index (χ3v) is 4.25. The molecule has 0 amide bonds. The minimum atomic E-state index is -0.242. The van der Waals surface area contributed by atoms with Crippen LogP contribution < -0.4 is 16.2 Å². The van der Waals surface area contributed by atoms with Gasteiger partial charge in [0.15, 0.2) is 0 Å². The van der Waals surface area contributed by atoms with Gasteiger partial charge >= 0.3 is 0 Å². The van der Waals surface area contributed by atoms with Gasteiger partial charge in [-0.1, -0.05) is 11.6 Å². The topological polar surface area (TPSA) is 71.8 Å². The largest absolute Gasteiger partial charge is 0.365 e. The smallest absolute Gasteiger partial charge is 0.261 e. The van der Waals surface area contributed by atoms with Crippen molar-refractivity contribution in [3.05, 3.63) is 51.5 Å². The minimum absolute atomic E-state index is 0.0891. The summed E-state index contributed by atoms with van der Waals surface area (Å²) in [6.45, 7) is 7.99. The Balaban J connectivity index is 2.13. The Bertz CT molecular complexity index is 1040. The Morgan fingerprint density at radius 2 is 1.92 bits per heavy atom. The molecule has 0 bridgehead atoms. The van der Waals surface area contributed by atoms with E-state index in [9.17, 15) is 4.79 Å². The van der Waals surface area contributed by atoms with Crippen LogP contribution in [0, 0.1) is 6.92 Å². The molecular weight excluding hydrogens is 350 g/mol. The molecule has 3 rings (SSSR count). The van der Waals surface area contributed by atoms with Crippen LogP contribution in [0.2, 0.25) is 5.02 Å². The predicted octanol–water partition coefficient (Wildman–Crippen LogP) is 4.24. The number of nitrogens with zero attached hydrogens (tertiary/aromatic N) is 3. The molecule has 0 saturated heterocycles. The van der Waals surface area contributed by atoms with E-state index in [0.29, 0.717) is 27.9 Å². The molecule has 0 saturated carbocycles. The number of nitrogens with one attached hydrogen (secondary N) is 2. The summed E-state index contributed by atoms with van der Waals surface area (Å²) in [5, 5.41) is 8.51. The third kappa shape index (κ3) is 3.80. The molecule has 136 valence electrons. The highest BCUT2D eigenvalue weighted by atomic mass is 35.5. The summed E-state index contributed by atoms with van der Waals surface area (Å²) in [4.78, 5) is 21.5. The number of pyridine rings is 3. The lowest BCUT2D eigenvalue weighted by Gasteiger charge is -2.23. The molecule has 2 N–H and O–H groups in total. The van der Waals surface area contributed by atoms with Crippen molar-refractivity contribution in [1.82, 2.24) is 14.5 Å². The number of halogens is 1. The van der Waals surface area contributed by atoms with Crippen molar-refractivity contribution in [3.63, 3.8) is 0 Å². The molecule has 0 aliphatic carbocycles. The molecule has 0 aliphatic rings. The van der Waals surface area contributed by atoms with E-state index < -0.39 is 0 Å². The first-order valence-electron chi connectivity index (χ1n) is 8.32. The van der Waals surface area contributed by atoms with E-state index in [1.54, 1.807) is 24.0 Å². The molecule has 26 heavy (non-hydrogen) atoms. The van der Waals surface area contributed by atoms with Crippen LogP contribution >= 0.6 is 11.6 Å². The predicted molar refractivity (Wildman–Crippen MR) is 108 cm³/mol. The van der Waals surface area contributed by atoms with Crippen molar-refractivity contribution in [2.45, 2.75) is 33.2 Å². The summed E-state index contributed by atoms with van der Waals surface area (Å²) >= 11 is 6.04. The summed E-state index contributed by atoms with van der Waals surface area (Å²) in [6, 6.07) is 5.60. The highest BCUT2D eigenvalue weighted by molar-refractivity contribution is 6.31. The summed E-state index contributed by atoms with van der Waals surface area (Å²) in [5.41, 5.74) is 0.592. The first kappa shape index (κ1) is 18.2. The first-order chi connectivity index (χ1) is 12.1. The number of aryl methyl sites for hydroxylation is 2. The number of fused-ring (bicyclic) bond motifs is 1. The van der Waals surface area contributed by atoms with Crippen LogP contribution in [-0.2, 0) is 7.05 Å². The molecule has 0 fully saturated rings. The Hall–Kier alpha value is -2.60. The Morgan fingerprint density at radius 3 is 2.58 bits per heavy atom. The minimum Gasteiger partial charge on any atom is -0.365 e. The highest BCUT2D eigenvalue weighted by Crippen LogP contribution is 2.26. The number of anilines is 3. The van der Waals surface area contributed by atoms with Gasteiger partial charge in [-0.15, -0.1) is 0 Å². The summed E-state index contributed by atoms with van der Waals surface area (Å²) in [7, 11) is 1.73. The zero-order valence-electron chi connectivity index (χ0n) is 15.5. The lowest BCUT2D eigenvalue weighted by Crippen LogP contribution is -2.28. The maximum atomic E-state index is 12.6. The van der Waals surface area contributed by atoms with Crippen LogP contribution in [0.5, 0.6) is 0 Å². The average molecular weight is 372 g/mol. The highest BCUT2D eigenvalue weighted by Gasteiger charge is 2.17. The monoisotopic (exact) mass is 371 g/mol. The molecule has 0 aromatic carbocycles. The second-order valence-electron chi connectivity index (χ2n) is 7.37. The van der Waals surface area contributed by atoms with E-state index in [4.69, 9.17) is 11.6 Å². The second kappa shape index (κ2) is 6.61. The van der Waals surface area contributed by atoms with Crippen LogP contribution in [-0.4, -0.2) is 20.1 Å². The van der Waals surface area contributed by atoms with Gasteiger partial charge in [0.25, 0.3) is 5.56 Å². The van der Waals surface area contributed by atoms with Crippen LogP contribution in [0.15, 0.2) is 35.4 Å². The SMILES string of the molecule is Cc1cc(Nc2cc3ccn(C)c(=O)c3c(NC(C)(C)C)n2)ncc1Cl.